The van der Waals surface area contributed by atoms with Crippen LogP contribution in [0.15, 0.2) is 36.4 Å². The summed E-state index contributed by atoms with van der Waals surface area (Å²) in [4.78, 5) is 87.2. The number of imide groups is 1. The van der Waals surface area contributed by atoms with Crippen molar-refractivity contribution in [1.29, 1.82) is 0 Å². The number of carbonyl (C=O) groups excluding carboxylic acids is 7. The molecule has 0 fully saturated rings. The molecule has 1 aliphatic rings. The second-order valence-electron chi connectivity index (χ2n) is 11.6. The molecule has 5 N–H and O–H groups in total. The van der Waals surface area contributed by atoms with Crippen LogP contribution in [0, 0.1) is 5.92 Å². The van der Waals surface area contributed by atoms with Crippen LogP contribution in [0.1, 0.15) is 26.3 Å². The lowest BCUT2D eigenvalue weighted by atomic mass is 10.0. The van der Waals surface area contributed by atoms with E-state index in [0.29, 0.717) is 11.3 Å². The van der Waals surface area contributed by atoms with Crippen LogP contribution in [0.2, 0.25) is 0 Å². The van der Waals surface area contributed by atoms with Gasteiger partial charge in [0.25, 0.3) is 11.8 Å². The number of aliphatic hydroxyl groups excluding tert-OH is 1. The van der Waals surface area contributed by atoms with Gasteiger partial charge in [-0.15, -0.1) is 0 Å². The smallest absolute Gasteiger partial charge is 0.409 e. The van der Waals surface area contributed by atoms with E-state index in [-0.39, 0.29) is 78.4 Å². The maximum atomic E-state index is 12.9. The summed E-state index contributed by atoms with van der Waals surface area (Å²) in [6, 6.07) is 4.51. The van der Waals surface area contributed by atoms with Gasteiger partial charge in [-0.3, -0.25) is 24.1 Å². The average Bonchev–Trinajstić information content (AvgIpc) is 3.43. The Labute approximate surface area is 301 Å². The third-order valence-electron chi connectivity index (χ3n) is 7.10. The highest BCUT2D eigenvalue weighted by Gasteiger charge is 2.28. The minimum atomic E-state index is -1.01. The molecule has 19 heteroatoms. The first-order chi connectivity index (χ1) is 24.8. The molecule has 0 saturated carbocycles. The predicted octanol–water partition coefficient (Wildman–Crippen LogP) is 0.126. The Hall–Kier alpha value is -5.27. The normalized spacial score (nSPS) is 13.3. The number of hydrogen-bond donors (Lipinski definition) is 5. The SMILES string of the molecule is CC(NC(=O)C(NC(=O)OCCOCCN1C(=O)C=CC1=O)C(C)C)C(=O)Nc1ccc(COC(=O)N(C)CCOC(=O)NCCOCCO)cc1. The van der Waals surface area contributed by atoms with E-state index in [1.54, 1.807) is 38.1 Å². The van der Waals surface area contributed by atoms with Crippen molar-refractivity contribution >= 4 is 47.6 Å². The van der Waals surface area contributed by atoms with Gasteiger partial charge in [0.15, 0.2) is 0 Å². The second-order valence-corrected chi connectivity index (χ2v) is 11.6. The van der Waals surface area contributed by atoms with Gasteiger partial charge in [-0.05, 0) is 30.5 Å². The van der Waals surface area contributed by atoms with E-state index in [0.717, 1.165) is 4.90 Å². The Kier molecular flexibility index (Phi) is 19.2. The van der Waals surface area contributed by atoms with Gasteiger partial charge in [-0.25, -0.2) is 14.4 Å². The Morgan fingerprint density at radius 3 is 2.10 bits per heavy atom. The number of likely N-dealkylation sites (N-methyl/N-ethyl adjacent to an activating group) is 1. The quantitative estimate of drug-likeness (QED) is 0.0605. The molecule has 52 heavy (non-hydrogen) atoms. The zero-order chi connectivity index (χ0) is 38.5. The monoisotopic (exact) mass is 736 g/mol. The largest absolute Gasteiger partial charge is 0.448 e. The van der Waals surface area contributed by atoms with Gasteiger partial charge < -0.3 is 55.0 Å². The summed E-state index contributed by atoms with van der Waals surface area (Å²) < 4.78 is 25.6. The van der Waals surface area contributed by atoms with Gasteiger partial charge in [0, 0.05) is 31.4 Å². The van der Waals surface area contributed by atoms with Crippen molar-refractivity contribution in [2.24, 2.45) is 5.92 Å². The highest BCUT2D eigenvalue weighted by atomic mass is 16.6. The minimum absolute atomic E-state index is 0.000620. The van der Waals surface area contributed by atoms with Crippen molar-refractivity contribution in [2.45, 2.75) is 39.5 Å². The van der Waals surface area contributed by atoms with Crippen LogP contribution < -0.4 is 21.3 Å². The minimum Gasteiger partial charge on any atom is -0.448 e. The van der Waals surface area contributed by atoms with Gasteiger partial charge >= 0.3 is 18.3 Å². The Morgan fingerprint density at radius 1 is 0.788 bits per heavy atom. The molecule has 0 aliphatic carbocycles. The number of nitrogens with zero attached hydrogens (tertiary/aromatic N) is 2. The van der Waals surface area contributed by atoms with Crippen LogP contribution in [-0.4, -0.2) is 142 Å². The predicted molar refractivity (Wildman–Crippen MR) is 183 cm³/mol. The first kappa shape index (κ1) is 42.9. The molecule has 19 nitrogen and oxygen atoms in total. The van der Waals surface area contributed by atoms with Gasteiger partial charge in [0.1, 0.15) is 31.9 Å². The number of anilines is 1. The Morgan fingerprint density at radius 2 is 1.44 bits per heavy atom. The van der Waals surface area contributed by atoms with Crippen molar-refractivity contribution in [3.05, 3.63) is 42.0 Å². The van der Waals surface area contributed by atoms with Crippen LogP contribution in [0.25, 0.3) is 0 Å². The summed E-state index contributed by atoms with van der Waals surface area (Å²) in [6.07, 6.45) is 0.166. The molecule has 1 aliphatic heterocycles. The van der Waals surface area contributed by atoms with Crippen LogP contribution in [0.4, 0.5) is 20.1 Å². The van der Waals surface area contributed by atoms with Crippen LogP contribution in [0.5, 0.6) is 0 Å². The Balaban J connectivity index is 1.67. The van der Waals surface area contributed by atoms with Crippen molar-refractivity contribution in [1.82, 2.24) is 25.8 Å². The number of nitrogens with one attached hydrogen (secondary N) is 4. The number of carbonyl (C=O) groups is 7. The Bertz CT molecular complexity index is 1370. The topological polar surface area (TPSA) is 240 Å². The fraction of sp³-hybridized carbons (Fsp3) is 0.545. The second kappa shape index (κ2) is 23.3. The van der Waals surface area contributed by atoms with E-state index >= 15 is 0 Å². The van der Waals surface area contributed by atoms with Gasteiger partial charge in [0.05, 0.1) is 46.1 Å². The van der Waals surface area contributed by atoms with Crippen molar-refractivity contribution in [2.75, 3.05) is 78.2 Å². The van der Waals surface area contributed by atoms with Crippen LogP contribution >= 0.6 is 0 Å². The fourth-order valence-corrected chi connectivity index (χ4v) is 4.17. The zero-order valence-electron chi connectivity index (χ0n) is 29.7. The van der Waals surface area contributed by atoms with E-state index < -0.39 is 54.0 Å². The first-order valence-electron chi connectivity index (χ1n) is 16.5. The molecule has 0 saturated heterocycles. The van der Waals surface area contributed by atoms with E-state index in [1.165, 1.54) is 31.0 Å². The maximum absolute atomic E-state index is 12.9. The maximum Gasteiger partial charge on any atom is 0.409 e. The van der Waals surface area contributed by atoms with E-state index in [9.17, 15) is 33.6 Å². The molecule has 288 valence electrons. The molecule has 1 aromatic rings. The standard InChI is InChI=1S/C33H48N6O13/c1-22(2)28(37-32(46)51-20-19-49-16-13-39-26(41)9-10-27(39)42)30(44)35-23(3)29(43)36-25-7-5-24(6-8-25)21-52-33(47)38(4)12-17-50-31(45)34-11-15-48-18-14-40/h5-10,22-23,28,40H,11-21H2,1-4H3,(H,34,45)(H,35,44)(H,36,43)(H,37,46). The van der Waals surface area contributed by atoms with Gasteiger partial charge in [0.2, 0.25) is 11.8 Å². The number of benzene rings is 1. The highest BCUT2D eigenvalue weighted by Crippen LogP contribution is 2.12. The van der Waals surface area contributed by atoms with Crippen LogP contribution in [-0.2, 0) is 49.5 Å². The summed E-state index contributed by atoms with van der Waals surface area (Å²) >= 11 is 0. The van der Waals surface area contributed by atoms with E-state index in [1.807, 2.05) is 0 Å². The van der Waals surface area contributed by atoms with E-state index in [2.05, 4.69) is 21.3 Å². The molecule has 0 spiro atoms. The van der Waals surface area contributed by atoms with Gasteiger partial charge in [-0.2, -0.15) is 0 Å². The molecule has 2 atom stereocenters. The molecular formula is C33H48N6O13. The average molecular weight is 737 g/mol. The van der Waals surface area contributed by atoms with Crippen molar-refractivity contribution < 1.29 is 62.4 Å². The number of ether oxygens (including phenoxy) is 5. The van der Waals surface area contributed by atoms with Gasteiger partial charge in [-0.1, -0.05) is 26.0 Å². The zero-order valence-corrected chi connectivity index (χ0v) is 29.7. The number of alkyl carbamates (subject to hydrolysis) is 2. The summed E-state index contributed by atoms with van der Waals surface area (Å²) in [5, 5.41) is 18.8. The summed E-state index contributed by atoms with van der Waals surface area (Å²) in [7, 11) is 1.49. The third-order valence-corrected chi connectivity index (χ3v) is 7.10. The molecule has 2 rings (SSSR count). The van der Waals surface area contributed by atoms with Crippen molar-refractivity contribution in [3.63, 3.8) is 0 Å². The van der Waals surface area contributed by atoms with Crippen molar-refractivity contribution in [3.8, 4) is 0 Å². The number of hydrogen-bond acceptors (Lipinski definition) is 13. The fourth-order valence-electron chi connectivity index (χ4n) is 4.17. The lowest BCUT2D eigenvalue weighted by molar-refractivity contribution is -0.137. The lowest BCUT2D eigenvalue weighted by Gasteiger charge is -2.23. The molecule has 0 bridgehead atoms. The molecular weight excluding hydrogens is 688 g/mol. The number of aliphatic hydroxyl groups is 1. The lowest BCUT2D eigenvalue weighted by Crippen LogP contribution is -2.53. The van der Waals surface area contributed by atoms with E-state index in [4.69, 9.17) is 28.8 Å². The molecule has 7 amide bonds. The third kappa shape index (κ3) is 16.2. The summed E-state index contributed by atoms with van der Waals surface area (Å²) in [5.41, 5.74) is 1.06. The molecule has 1 heterocycles. The highest BCUT2D eigenvalue weighted by molar-refractivity contribution is 6.12. The number of amides is 7. The summed E-state index contributed by atoms with van der Waals surface area (Å²) in [6.45, 7) is 5.36. The molecule has 0 radical (unpaired) electrons. The summed E-state index contributed by atoms with van der Waals surface area (Å²) in [5.74, 6) is -2.31. The molecule has 2 unspecified atom stereocenters. The van der Waals surface area contributed by atoms with Crippen LogP contribution in [0.3, 0.4) is 0 Å². The molecule has 1 aromatic carbocycles. The number of rotatable bonds is 22. The first-order valence-corrected chi connectivity index (χ1v) is 16.5. The molecule has 0 aromatic heterocycles.